The number of hydrogen-bond donors (Lipinski definition) is 0. The lowest BCUT2D eigenvalue weighted by Gasteiger charge is -2.01. The Labute approximate surface area is 101 Å². The highest BCUT2D eigenvalue weighted by atomic mass is 14.6. The van der Waals surface area contributed by atoms with E-state index in [1.54, 1.807) is 12.4 Å². The molecule has 0 saturated heterocycles. The molecule has 2 aromatic rings. The first kappa shape index (κ1) is 11.1. The maximum Gasteiger partial charge on any atom is 0.101 e. The van der Waals surface area contributed by atoms with Crippen LogP contribution >= 0.6 is 0 Å². The van der Waals surface area contributed by atoms with E-state index in [-0.39, 0.29) is 0 Å². The van der Waals surface area contributed by atoms with Crippen LogP contribution in [0.2, 0.25) is 0 Å². The van der Waals surface area contributed by atoms with Crippen molar-refractivity contribution >= 4 is 12.2 Å². The molecule has 2 heteroatoms. The fourth-order valence-electron chi connectivity index (χ4n) is 1.57. The van der Waals surface area contributed by atoms with Crippen LogP contribution in [0, 0.1) is 18.3 Å². The summed E-state index contributed by atoms with van der Waals surface area (Å²) in [7, 11) is 0. The van der Waals surface area contributed by atoms with Gasteiger partial charge in [-0.1, -0.05) is 42.5 Å². The summed E-state index contributed by atoms with van der Waals surface area (Å²) in [4.78, 5) is 4.05. The summed E-state index contributed by atoms with van der Waals surface area (Å²) in [5.41, 5.74) is 3.71. The number of hydrogen-bond acceptors (Lipinski definition) is 2. The Morgan fingerprint density at radius 1 is 1.12 bits per heavy atom. The highest BCUT2D eigenvalue weighted by Gasteiger charge is 2.00. The van der Waals surface area contributed by atoms with E-state index in [1.807, 2.05) is 49.4 Å². The van der Waals surface area contributed by atoms with Crippen molar-refractivity contribution in [2.45, 2.75) is 6.92 Å². The van der Waals surface area contributed by atoms with Gasteiger partial charge in [0.05, 0.1) is 5.56 Å². The second kappa shape index (κ2) is 5.09. The van der Waals surface area contributed by atoms with E-state index in [0.29, 0.717) is 5.56 Å². The molecule has 0 spiro atoms. The fraction of sp³-hybridized carbons (Fsp3) is 0.0667. The van der Waals surface area contributed by atoms with Crippen LogP contribution in [-0.4, -0.2) is 4.98 Å². The zero-order chi connectivity index (χ0) is 12.1. The quantitative estimate of drug-likeness (QED) is 0.777. The summed E-state index contributed by atoms with van der Waals surface area (Å²) in [6.07, 6.45) is 7.37. The van der Waals surface area contributed by atoms with Crippen molar-refractivity contribution in [3.63, 3.8) is 0 Å². The van der Waals surface area contributed by atoms with Crippen LogP contribution < -0.4 is 0 Å². The van der Waals surface area contributed by atoms with E-state index in [2.05, 4.69) is 11.1 Å². The first-order valence-corrected chi connectivity index (χ1v) is 5.39. The summed E-state index contributed by atoms with van der Waals surface area (Å²) >= 11 is 0. The molecule has 0 N–H and O–H groups in total. The molecule has 2 rings (SSSR count). The minimum absolute atomic E-state index is 0.625. The number of aromatic nitrogens is 1. The Bertz CT molecular complexity index is 578. The second-order valence-electron chi connectivity index (χ2n) is 3.76. The Morgan fingerprint density at radius 2 is 1.88 bits per heavy atom. The van der Waals surface area contributed by atoms with Crippen LogP contribution in [0.5, 0.6) is 0 Å². The van der Waals surface area contributed by atoms with E-state index in [9.17, 15) is 0 Å². The average molecular weight is 220 g/mol. The Morgan fingerprint density at radius 3 is 2.59 bits per heavy atom. The second-order valence-corrected chi connectivity index (χ2v) is 3.76. The Hall–Kier alpha value is -2.40. The van der Waals surface area contributed by atoms with E-state index in [4.69, 9.17) is 5.26 Å². The van der Waals surface area contributed by atoms with Crippen molar-refractivity contribution in [1.82, 2.24) is 4.98 Å². The molecule has 17 heavy (non-hydrogen) atoms. The summed E-state index contributed by atoms with van der Waals surface area (Å²) in [6, 6.07) is 12.2. The Kier molecular flexibility index (Phi) is 3.32. The van der Waals surface area contributed by atoms with Gasteiger partial charge in [-0.3, -0.25) is 4.98 Å². The third-order valence-electron chi connectivity index (χ3n) is 2.63. The number of benzene rings is 1. The van der Waals surface area contributed by atoms with Gasteiger partial charge in [-0.25, -0.2) is 0 Å². The zero-order valence-electron chi connectivity index (χ0n) is 9.59. The zero-order valence-corrected chi connectivity index (χ0v) is 9.59. The summed E-state index contributed by atoms with van der Waals surface area (Å²) in [5.74, 6) is 0. The predicted molar refractivity (Wildman–Crippen MR) is 69.1 cm³/mol. The minimum atomic E-state index is 0.625. The largest absolute Gasteiger partial charge is 0.263 e. The van der Waals surface area contributed by atoms with Gasteiger partial charge in [0.15, 0.2) is 0 Å². The van der Waals surface area contributed by atoms with Gasteiger partial charge < -0.3 is 0 Å². The molecule has 0 radical (unpaired) electrons. The van der Waals surface area contributed by atoms with E-state index < -0.39 is 0 Å². The van der Waals surface area contributed by atoms with Crippen LogP contribution in [0.15, 0.2) is 42.7 Å². The van der Waals surface area contributed by atoms with E-state index in [0.717, 1.165) is 16.7 Å². The molecule has 0 atom stereocenters. The van der Waals surface area contributed by atoms with Gasteiger partial charge in [0, 0.05) is 12.4 Å². The van der Waals surface area contributed by atoms with Crippen LogP contribution in [-0.2, 0) is 0 Å². The van der Waals surface area contributed by atoms with Gasteiger partial charge in [-0.15, -0.1) is 0 Å². The van der Waals surface area contributed by atoms with E-state index in [1.165, 1.54) is 0 Å². The maximum absolute atomic E-state index is 8.91. The monoisotopic (exact) mass is 220 g/mol. The molecule has 0 bridgehead atoms. The SMILES string of the molecule is Cc1c(C#N)cncc1/C=C/c1ccccc1. The smallest absolute Gasteiger partial charge is 0.101 e. The Balaban J connectivity index is 2.32. The van der Waals surface area contributed by atoms with Gasteiger partial charge in [-0.2, -0.15) is 5.26 Å². The molecule has 1 heterocycles. The highest BCUT2D eigenvalue weighted by molar-refractivity contribution is 5.71. The van der Waals surface area contributed by atoms with Crippen molar-refractivity contribution in [3.05, 3.63) is 65.0 Å². The molecule has 0 fully saturated rings. The van der Waals surface area contributed by atoms with Crippen molar-refractivity contribution in [3.8, 4) is 6.07 Å². The van der Waals surface area contributed by atoms with Crippen LogP contribution in [0.1, 0.15) is 22.3 Å². The third kappa shape index (κ3) is 2.59. The normalized spacial score (nSPS) is 10.4. The van der Waals surface area contributed by atoms with Crippen LogP contribution in [0.3, 0.4) is 0 Å². The predicted octanol–water partition coefficient (Wildman–Crippen LogP) is 3.43. The summed E-state index contributed by atoms with van der Waals surface area (Å²) in [5, 5.41) is 8.91. The van der Waals surface area contributed by atoms with Crippen molar-refractivity contribution in [1.29, 1.82) is 5.26 Å². The lowest BCUT2D eigenvalue weighted by Crippen LogP contribution is -1.88. The van der Waals surface area contributed by atoms with Crippen molar-refractivity contribution in [2.75, 3.05) is 0 Å². The van der Waals surface area contributed by atoms with Gasteiger partial charge >= 0.3 is 0 Å². The maximum atomic E-state index is 8.91. The molecule has 0 aliphatic carbocycles. The topological polar surface area (TPSA) is 36.7 Å². The molecule has 1 aromatic heterocycles. The van der Waals surface area contributed by atoms with Gasteiger partial charge in [0.2, 0.25) is 0 Å². The van der Waals surface area contributed by atoms with Crippen molar-refractivity contribution < 1.29 is 0 Å². The van der Waals surface area contributed by atoms with Crippen LogP contribution in [0.25, 0.3) is 12.2 Å². The van der Waals surface area contributed by atoms with Gasteiger partial charge in [-0.05, 0) is 23.6 Å². The standard InChI is InChI=1S/C15H12N2/c1-12-14(10-17-11-15(12)9-16)8-7-13-5-3-2-4-6-13/h2-8,10-11H,1H3/b8-7+. The third-order valence-corrected chi connectivity index (χ3v) is 2.63. The number of rotatable bonds is 2. The molecule has 0 unspecified atom stereocenters. The van der Waals surface area contributed by atoms with Gasteiger partial charge in [0.25, 0.3) is 0 Å². The molecule has 0 aliphatic rings. The summed E-state index contributed by atoms with van der Waals surface area (Å²) < 4.78 is 0. The minimum Gasteiger partial charge on any atom is -0.263 e. The number of nitriles is 1. The average Bonchev–Trinajstić information content (AvgIpc) is 2.39. The molecule has 2 nitrogen and oxygen atoms in total. The fourth-order valence-corrected chi connectivity index (χ4v) is 1.57. The molecule has 1 aromatic carbocycles. The lowest BCUT2D eigenvalue weighted by atomic mass is 10.1. The molecular formula is C15H12N2. The molecule has 0 amide bonds. The first-order chi connectivity index (χ1) is 8.31. The summed E-state index contributed by atoms with van der Waals surface area (Å²) in [6.45, 7) is 1.94. The molecular weight excluding hydrogens is 208 g/mol. The molecule has 0 aliphatic heterocycles. The number of nitrogens with zero attached hydrogens (tertiary/aromatic N) is 2. The van der Waals surface area contributed by atoms with Gasteiger partial charge in [0.1, 0.15) is 6.07 Å². The number of pyridine rings is 1. The van der Waals surface area contributed by atoms with Crippen molar-refractivity contribution in [2.24, 2.45) is 0 Å². The molecule has 0 saturated carbocycles. The lowest BCUT2D eigenvalue weighted by molar-refractivity contribution is 1.24. The molecule has 82 valence electrons. The first-order valence-electron chi connectivity index (χ1n) is 5.39. The highest BCUT2D eigenvalue weighted by Crippen LogP contribution is 2.14. The van der Waals surface area contributed by atoms with Crippen LogP contribution in [0.4, 0.5) is 0 Å². The van der Waals surface area contributed by atoms with E-state index >= 15 is 0 Å².